The lowest BCUT2D eigenvalue weighted by atomic mass is 10.1. The van der Waals surface area contributed by atoms with Gasteiger partial charge in [-0.05, 0) is 28.1 Å². The van der Waals surface area contributed by atoms with Gasteiger partial charge in [0.25, 0.3) is 0 Å². The van der Waals surface area contributed by atoms with Gasteiger partial charge in [0, 0.05) is 0 Å². The highest BCUT2D eigenvalue weighted by molar-refractivity contribution is 9.10. The first-order valence-corrected chi connectivity index (χ1v) is 7.72. The monoisotopic (exact) mass is 441 g/mol. The highest BCUT2D eigenvalue weighted by Gasteiger charge is 2.37. The summed E-state index contributed by atoms with van der Waals surface area (Å²) in [5.74, 6) is -3.15. The minimum absolute atomic E-state index is 0.268. The van der Waals surface area contributed by atoms with E-state index in [1.807, 2.05) is 0 Å². The number of hydrogen-bond acceptors (Lipinski definition) is 6. The number of alkyl halides is 3. The molecule has 0 saturated heterocycles. The molecule has 26 heavy (non-hydrogen) atoms. The van der Waals surface area contributed by atoms with Crippen molar-refractivity contribution in [2.75, 3.05) is 32.5 Å². The second-order valence-electron chi connectivity index (χ2n) is 5.00. The minimum Gasteiger partial charge on any atom is -0.466 e. The first-order valence-electron chi connectivity index (χ1n) is 6.93. The lowest BCUT2D eigenvalue weighted by Gasteiger charge is -2.32. The summed E-state index contributed by atoms with van der Waals surface area (Å²) in [6.07, 6.45) is -4.83. The van der Waals surface area contributed by atoms with Gasteiger partial charge in [0.1, 0.15) is 18.2 Å². The Hall–Kier alpha value is -2.14. The van der Waals surface area contributed by atoms with Crippen LogP contribution in [0.4, 0.5) is 23.2 Å². The molecule has 0 unspecified atom stereocenters. The van der Waals surface area contributed by atoms with Crippen LogP contribution < -0.4 is 4.90 Å². The molecule has 0 atom stereocenters. The van der Waals surface area contributed by atoms with Gasteiger partial charge in [-0.1, -0.05) is 0 Å². The van der Waals surface area contributed by atoms with E-state index in [-0.39, 0.29) is 22.3 Å². The van der Waals surface area contributed by atoms with E-state index in [1.165, 1.54) is 0 Å². The van der Waals surface area contributed by atoms with Crippen LogP contribution in [0.5, 0.6) is 0 Å². The molecule has 0 fully saturated rings. The van der Waals surface area contributed by atoms with Crippen molar-refractivity contribution in [3.05, 3.63) is 39.3 Å². The molecule has 142 valence electrons. The normalized spacial score (nSPS) is 15.1. The summed E-state index contributed by atoms with van der Waals surface area (Å²) >= 11 is 2.86. The van der Waals surface area contributed by atoms with Crippen LogP contribution in [0.2, 0.25) is 0 Å². The zero-order chi connectivity index (χ0) is 19.6. The second kappa shape index (κ2) is 7.62. The quantitative estimate of drug-likeness (QED) is 0.530. The molecule has 0 bridgehead atoms. The van der Waals surface area contributed by atoms with Crippen LogP contribution in [-0.4, -0.2) is 39.5 Å². The van der Waals surface area contributed by atoms with Crippen molar-refractivity contribution in [1.29, 1.82) is 0 Å². The van der Waals surface area contributed by atoms with Gasteiger partial charge >= 0.3 is 18.1 Å². The number of methoxy groups -OCH3 is 2. The van der Waals surface area contributed by atoms with E-state index in [0.29, 0.717) is 12.1 Å². The van der Waals surface area contributed by atoms with Crippen LogP contribution in [-0.2, 0) is 30.0 Å². The van der Waals surface area contributed by atoms with Gasteiger partial charge in [0.2, 0.25) is 0 Å². The number of rotatable bonds is 3. The summed E-state index contributed by atoms with van der Waals surface area (Å²) in [5, 5.41) is 0. The van der Waals surface area contributed by atoms with Gasteiger partial charge < -0.3 is 19.1 Å². The summed E-state index contributed by atoms with van der Waals surface area (Å²) < 4.78 is 67.0. The third-order valence-electron chi connectivity index (χ3n) is 3.46. The van der Waals surface area contributed by atoms with E-state index in [9.17, 15) is 27.2 Å². The fourth-order valence-electron chi connectivity index (χ4n) is 2.27. The summed E-state index contributed by atoms with van der Waals surface area (Å²) in [6.45, 7) is -0.739. The molecule has 1 aliphatic rings. The first kappa shape index (κ1) is 20.2. The van der Waals surface area contributed by atoms with Gasteiger partial charge in [0.05, 0.1) is 42.1 Å². The molecule has 0 N–H and O–H groups in total. The Balaban J connectivity index is 2.71. The zero-order valence-corrected chi connectivity index (χ0v) is 15.0. The number of ether oxygens (including phenoxy) is 3. The van der Waals surface area contributed by atoms with Crippen molar-refractivity contribution in [3.8, 4) is 0 Å². The van der Waals surface area contributed by atoms with E-state index in [0.717, 1.165) is 19.1 Å². The van der Waals surface area contributed by atoms with Crippen LogP contribution in [0, 0.1) is 5.82 Å². The van der Waals surface area contributed by atoms with Crippen LogP contribution >= 0.6 is 15.9 Å². The maximum Gasteiger partial charge on any atom is 0.416 e. The average Bonchev–Trinajstić information content (AvgIpc) is 2.60. The Morgan fingerprint density at radius 1 is 1.19 bits per heavy atom. The van der Waals surface area contributed by atoms with Crippen LogP contribution in [0.1, 0.15) is 5.56 Å². The van der Waals surface area contributed by atoms with E-state index in [1.54, 1.807) is 0 Å². The zero-order valence-electron chi connectivity index (χ0n) is 13.4. The summed E-state index contributed by atoms with van der Waals surface area (Å²) in [4.78, 5) is 24.9. The molecular weight excluding hydrogens is 430 g/mol. The van der Waals surface area contributed by atoms with Crippen molar-refractivity contribution < 1.29 is 41.4 Å². The predicted molar refractivity (Wildman–Crippen MR) is 83.5 cm³/mol. The minimum atomic E-state index is -4.83. The molecule has 6 nitrogen and oxygen atoms in total. The van der Waals surface area contributed by atoms with Gasteiger partial charge in [-0.25, -0.2) is 14.0 Å². The van der Waals surface area contributed by atoms with Gasteiger partial charge in [-0.3, -0.25) is 0 Å². The average molecular weight is 442 g/mol. The van der Waals surface area contributed by atoms with Crippen LogP contribution in [0.25, 0.3) is 0 Å². The topological polar surface area (TPSA) is 65.1 Å². The molecule has 11 heteroatoms. The third-order valence-corrected chi connectivity index (χ3v) is 4.25. The lowest BCUT2D eigenvalue weighted by molar-refractivity contribution is -0.140. The molecule has 0 aliphatic carbocycles. The van der Waals surface area contributed by atoms with E-state index >= 15 is 0 Å². The summed E-state index contributed by atoms with van der Waals surface area (Å²) in [5.41, 5.74) is -2.30. The SMILES string of the molecule is COC(=O)C1=C(C(=O)OC)N(c2cc(C(F)(F)F)cc(F)c2Br)COC1. The second-order valence-corrected chi connectivity index (χ2v) is 5.80. The van der Waals surface area contributed by atoms with Crippen molar-refractivity contribution in [3.63, 3.8) is 0 Å². The lowest BCUT2D eigenvalue weighted by Crippen LogP contribution is -2.39. The maximum atomic E-state index is 14.0. The van der Waals surface area contributed by atoms with Gasteiger partial charge in [-0.15, -0.1) is 0 Å². The Morgan fingerprint density at radius 2 is 1.81 bits per heavy atom. The number of esters is 2. The standard InChI is InChI=1S/C15H12BrF4NO5/c1-24-13(22)8-5-26-6-21(12(8)14(23)25-2)10-4-7(15(18,19)20)3-9(17)11(10)16/h3-4H,5-6H2,1-2H3. The number of halogens is 5. The van der Waals surface area contributed by atoms with E-state index < -0.39 is 41.9 Å². The summed E-state index contributed by atoms with van der Waals surface area (Å²) in [7, 11) is 2.09. The van der Waals surface area contributed by atoms with Crippen LogP contribution in [0.3, 0.4) is 0 Å². The smallest absolute Gasteiger partial charge is 0.416 e. The maximum absolute atomic E-state index is 14.0. The number of carbonyl (C=O) groups excluding carboxylic acids is 2. The summed E-state index contributed by atoms with van der Waals surface area (Å²) in [6, 6.07) is 0.931. The van der Waals surface area contributed by atoms with E-state index in [2.05, 4.69) is 25.4 Å². The predicted octanol–water partition coefficient (Wildman–Crippen LogP) is 3.00. The Labute approximate surface area is 153 Å². The molecule has 2 rings (SSSR count). The van der Waals surface area contributed by atoms with Crippen molar-refractivity contribution in [1.82, 2.24) is 0 Å². The number of anilines is 1. The van der Waals surface area contributed by atoms with Gasteiger partial charge in [-0.2, -0.15) is 13.2 Å². The highest BCUT2D eigenvalue weighted by atomic mass is 79.9. The molecule has 0 aromatic heterocycles. The molecule has 0 spiro atoms. The number of carbonyl (C=O) groups is 2. The van der Waals surface area contributed by atoms with Crippen LogP contribution in [0.15, 0.2) is 27.9 Å². The van der Waals surface area contributed by atoms with Gasteiger partial charge in [0.15, 0.2) is 0 Å². The largest absolute Gasteiger partial charge is 0.466 e. The Kier molecular flexibility index (Phi) is 5.91. The number of benzene rings is 1. The fraction of sp³-hybridized carbons (Fsp3) is 0.333. The molecule has 1 aromatic carbocycles. The van der Waals surface area contributed by atoms with E-state index in [4.69, 9.17) is 4.74 Å². The number of hydrogen-bond donors (Lipinski definition) is 0. The third kappa shape index (κ3) is 3.83. The molecular formula is C15H12BrF4NO5. The molecule has 1 aromatic rings. The Bertz CT molecular complexity index is 778. The highest BCUT2D eigenvalue weighted by Crippen LogP contribution is 2.39. The molecule has 0 amide bonds. The number of nitrogens with zero attached hydrogens (tertiary/aromatic N) is 1. The molecule has 0 radical (unpaired) electrons. The van der Waals surface area contributed by atoms with Crippen molar-refractivity contribution >= 4 is 33.6 Å². The molecule has 0 saturated carbocycles. The fourth-order valence-corrected chi connectivity index (χ4v) is 2.71. The van der Waals surface area contributed by atoms with Crippen molar-refractivity contribution in [2.45, 2.75) is 6.18 Å². The van der Waals surface area contributed by atoms with Crippen molar-refractivity contribution in [2.24, 2.45) is 0 Å². The Morgan fingerprint density at radius 3 is 2.35 bits per heavy atom. The first-order chi connectivity index (χ1) is 12.1. The molecule has 1 heterocycles. The molecule has 1 aliphatic heterocycles.